The summed E-state index contributed by atoms with van der Waals surface area (Å²) in [4.78, 5) is 6.67. The zero-order valence-electron chi connectivity index (χ0n) is 22.4. The Kier molecular flexibility index (Phi) is 7.33. The highest BCUT2D eigenvalue weighted by molar-refractivity contribution is 7.78. The summed E-state index contributed by atoms with van der Waals surface area (Å²) in [5, 5.41) is 2.51. The molecule has 8 nitrogen and oxygen atoms in total. The lowest BCUT2D eigenvalue weighted by atomic mass is 9.83. The van der Waals surface area contributed by atoms with Gasteiger partial charge in [0.1, 0.15) is 11.9 Å². The maximum absolute atomic E-state index is 13.9. The Balaban J connectivity index is 1.55. The van der Waals surface area contributed by atoms with Crippen molar-refractivity contribution in [1.29, 1.82) is 0 Å². The molecule has 0 bridgehead atoms. The molecule has 0 N–H and O–H groups in total. The molecule has 3 aliphatic heterocycles. The van der Waals surface area contributed by atoms with E-state index in [1.54, 1.807) is 33.5 Å². The van der Waals surface area contributed by atoms with Crippen molar-refractivity contribution in [3.05, 3.63) is 76.1 Å². The van der Waals surface area contributed by atoms with Crippen molar-refractivity contribution in [2.24, 2.45) is 4.99 Å². The van der Waals surface area contributed by atoms with Crippen molar-refractivity contribution in [1.82, 2.24) is 4.90 Å². The van der Waals surface area contributed by atoms with Crippen LogP contribution in [0.1, 0.15) is 46.0 Å². The molecule has 0 radical (unpaired) electrons. The molecule has 6 rings (SSSR count). The van der Waals surface area contributed by atoms with Crippen molar-refractivity contribution >= 4 is 17.4 Å². The average Bonchev–Trinajstić information content (AvgIpc) is 3.63. The smallest absolute Gasteiger partial charge is 0.231 e. The molecule has 3 heterocycles. The van der Waals surface area contributed by atoms with Gasteiger partial charge in [-0.1, -0.05) is 18.2 Å². The summed E-state index contributed by atoms with van der Waals surface area (Å²) in [5.41, 5.74) is 4.90. The topological polar surface area (TPSA) is 71.0 Å². The monoisotopic (exact) mass is 564 g/mol. The summed E-state index contributed by atoms with van der Waals surface area (Å²) >= 11 is 4.94. The number of rotatable bonds is 8. The van der Waals surface area contributed by atoms with E-state index in [9.17, 15) is 4.39 Å². The first-order chi connectivity index (χ1) is 19.6. The molecular weight excluding hydrogens is 535 g/mol. The van der Waals surface area contributed by atoms with Crippen molar-refractivity contribution in [2.75, 3.05) is 41.2 Å². The molecule has 0 saturated heterocycles. The number of hydrogen-bond acceptors (Lipinski definition) is 9. The Hall–Kier alpha value is -3.69. The first-order valence-corrected chi connectivity index (χ1v) is 13.4. The van der Waals surface area contributed by atoms with Crippen molar-refractivity contribution in [2.45, 2.75) is 31.2 Å². The van der Waals surface area contributed by atoms with Crippen LogP contribution in [0.25, 0.3) is 0 Å². The number of benzene rings is 3. The van der Waals surface area contributed by atoms with Crippen LogP contribution in [-0.2, 0) is 17.8 Å². The fraction of sp³-hybridized carbons (Fsp3) is 0.367. The van der Waals surface area contributed by atoms with Crippen LogP contribution in [0.4, 0.5) is 4.39 Å². The van der Waals surface area contributed by atoms with E-state index in [1.165, 1.54) is 12.1 Å². The minimum Gasteiger partial charge on any atom is -0.493 e. The Labute approximate surface area is 237 Å². The van der Waals surface area contributed by atoms with Crippen LogP contribution in [0.2, 0.25) is 0 Å². The number of nitrogens with zero attached hydrogens (tertiary/aromatic N) is 2. The molecule has 0 amide bonds. The third-order valence-corrected chi connectivity index (χ3v) is 8.04. The fourth-order valence-corrected chi connectivity index (χ4v) is 6.27. The minimum absolute atomic E-state index is 0.129. The summed E-state index contributed by atoms with van der Waals surface area (Å²) in [7, 11) is 4.89. The van der Waals surface area contributed by atoms with Gasteiger partial charge in [0.05, 0.1) is 51.7 Å². The van der Waals surface area contributed by atoms with Crippen LogP contribution < -0.4 is 23.7 Å². The zero-order valence-corrected chi connectivity index (χ0v) is 23.3. The number of thiocarbonyl (C=S) groups is 1. The highest BCUT2D eigenvalue weighted by atomic mass is 32.1. The Morgan fingerprint density at radius 3 is 2.60 bits per heavy atom. The van der Waals surface area contributed by atoms with Crippen molar-refractivity contribution in [3.8, 4) is 28.7 Å². The van der Waals surface area contributed by atoms with Gasteiger partial charge in [0.25, 0.3) is 0 Å². The van der Waals surface area contributed by atoms with Crippen LogP contribution >= 0.6 is 12.2 Å². The van der Waals surface area contributed by atoms with E-state index in [-0.39, 0.29) is 30.8 Å². The number of methoxy groups -OCH3 is 3. The van der Waals surface area contributed by atoms with Gasteiger partial charge in [-0.3, -0.25) is 4.90 Å². The molecule has 0 spiro atoms. The van der Waals surface area contributed by atoms with Gasteiger partial charge in [0.15, 0.2) is 23.0 Å². The molecule has 0 unspecified atom stereocenters. The molecule has 208 valence electrons. The molecular formula is C30H29FN2O6S. The Morgan fingerprint density at radius 2 is 1.88 bits per heavy atom. The van der Waals surface area contributed by atoms with Gasteiger partial charge < -0.3 is 28.4 Å². The summed E-state index contributed by atoms with van der Waals surface area (Å²) in [6.07, 6.45) is 0.339. The van der Waals surface area contributed by atoms with E-state index >= 15 is 0 Å². The Bertz CT molecular complexity index is 1480. The van der Waals surface area contributed by atoms with Gasteiger partial charge in [0.2, 0.25) is 12.5 Å². The highest BCUT2D eigenvalue weighted by Gasteiger charge is 2.46. The van der Waals surface area contributed by atoms with Crippen LogP contribution in [0.15, 0.2) is 47.5 Å². The second kappa shape index (κ2) is 11.1. The van der Waals surface area contributed by atoms with Gasteiger partial charge in [-0.05, 0) is 59.6 Å². The van der Waals surface area contributed by atoms with E-state index in [0.29, 0.717) is 48.4 Å². The number of ether oxygens (including phenoxy) is 6. The zero-order chi connectivity index (χ0) is 27.8. The summed E-state index contributed by atoms with van der Waals surface area (Å²) in [6.45, 7) is 1.51. The molecule has 0 saturated carbocycles. The van der Waals surface area contributed by atoms with E-state index in [2.05, 4.69) is 15.1 Å². The molecule has 3 atom stereocenters. The lowest BCUT2D eigenvalue weighted by Crippen LogP contribution is -2.42. The van der Waals surface area contributed by atoms with Gasteiger partial charge >= 0.3 is 0 Å². The molecule has 3 aromatic carbocycles. The van der Waals surface area contributed by atoms with E-state index in [1.807, 2.05) is 18.2 Å². The normalized spacial score (nSPS) is 19.8. The molecule has 10 heteroatoms. The summed E-state index contributed by atoms with van der Waals surface area (Å²) in [5.74, 6) is 2.87. The van der Waals surface area contributed by atoms with Crippen LogP contribution in [0.5, 0.6) is 28.7 Å². The van der Waals surface area contributed by atoms with Crippen LogP contribution in [-0.4, -0.2) is 51.3 Å². The molecule has 0 aliphatic carbocycles. The van der Waals surface area contributed by atoms with E-state index in [4.69, 9.17) is 40.6 Å². The third kappa shape index (κ3) is 4.37. The SMILES string of the molecule is COc1ccc2c(c1OC)CO[C@@H]2[C@H]1c2c(cc3c(c2OC)OCO3)CCN1[C@@H](CN=C=S)c1ccc(F)cc1. The van der Waals surface area contributed by atoms with Gasteiger partial charge in [-0.15, -0.1) is 0 Å². The fourth-order valence-electron chi connectivity index (χ4n) is 6.20. The maximum Gasteiger partial charge on any atom is 0.231 e. The number of aliphatic imine (C=N–C) groups is 1. The second-order valence-electron chi connectivity index (χ2n) is 9.75. The molecule has 0 fully saturated rings. The van der Waals surface area contributed by atoms with E-state index in [0.717, 1.165) is 34.2 Å². The maximum atomic E-state index is 13.9. The number of isothiocyanates is 1. The number of hydrogen-bond donors (Lipinski definition) is 0. The van der Waals surface area contributed by atoms with Crippen molar-refractivity contribution in [3.63, 3.8) is 0 Å². The van der Waals surface area contributed by atoms with Gasteiger partial charge in [-0.2, -0.15) is 0 Å². The first-order valence-electron chi connectivity index (χ1n) is 13.0. The lowest BCUT2D eigenvalue weighted by molar-refractivity contribution is -0.0284. The minimum atomic E-state index is -0.387. The third-order valence-electron chi connectivity index (χ3n) is 7.91. The second-order valence-corrected chi connectivity index (χ2v) is 9.93. The Morgan fingerprint density at radius 1 is 1.07 bits per heavy atom. The molecule has 0 aromatic heterocycles. The summed E-state index contributed by atoms with van der Waals surface area (Å²) in [6, 6.07) is 11.9. The van der Waals surface area contributed by atoms with Gasteiger partial charge in [-0.25, -0.2) is 9.38 Å². The van der Waals surface area contributed by atoms with Crippen molar-refractivity contribution < 1.29 is 32.8 Å². The quantitative estimate of drug-likeness (QED) is 0.259. The predicted molar refractivity (Wildman–Crippen MR) is 148 cm³/mol. The average molecular weight is 565 g/mol. The molecule has 3 aliphatic rings. The first kappa shape index (κ1) is 26.5. The number of fused-ring (bicyclic) bond motifs is 3. The van der Waals surface area contributed by atoms with Crippen LogP contribution in [0.3, 0.4) is 0 Å². The molecule has 3 aromatic rings. The molecule has 40 heavy (non-hydrogen) atoms. The predicted octanol–water partition coefficient (Wildman–Crippen LogP) is 5.60. The number of halogens is 1. The largest absolute Gasteiger partial charge is 0.493 e. The van der Waals surface area contributed by atoms with Gasteiger partial charge in [0, 0.05) is 17.7 Å². The highest BCUT2D eigenvalue weighted by Crippen LogP contribution is 2.57. The standard InChI is InChI=1S/C30H29FN2O6S/c1-34-23-9-8-20-21(27(23)35-2)14-37-28(20)26-25-18(12-24-29(30(25)36-3)39-16-38-24)10-11-33(26)22(13-32-15-40)17-4-6-19(31)7-5-17/h4-9,12,22,26,28H,10-11,13-14,16H2,1-3H3/t22-,26+,28-/m0/s1. The van der Waals surface area contributed by atoms with Crippen LogP contribution in [0, 0.1) is 5.82 Å². The lowest BCUT2D eigenvalue weighted by Gasteiger charge is -2.44. The summed E-state index contributed by atoms with van der Waals surface area (Å²) < 4.78 is 49.4. The van der Waals surface area contributed by atoms with E-state index < -0.39 is 0 Å².